The Balaban J connectivity index is 1.89. The van der Waals surface area contributed by atoms with E-state index in [2.05, 4.69) is 30.1 Å². The van der Waals surface area contributed by atoms with Crippen molar-refractivity contribution in [3.05, 3.63) is 17.7 Å². The van der Waals surface area contributed by atoms with E-state index in [9.17, 15) is 4.79 Å². The van der Waals surface area contributed by atoms with Crippen molar-refractivity contribution in [1.82, 2.24) is 0 Å². The van der Waals surface area contributed by atoms with Gasteiger partial charge >= 0.3 is 0 Å². The monoisotopic (exact) mass is 273 g/mol. The quantitative estimate of drug-likeness (QED) is 0.773. The highest BCUT2D eigenvalue weighted by atomic mass is 16.1. The molecule has 2 atom stereocenters. The summed E-state index contributed by atoms with van der Waals surface area (Å²) in [5.41, 5.74) is 10.2. The van der Waals surface area contributed by atoms with Crippen LogP contribution < -0.4 is 16.0 Å². The number of hydrogen-bond acceptors (Lipinski definition) is 3. The normalized spacial score (nSPS) is 26.1. The van der Waals surface area contributed by atoms with Crippen LogP contribution in [0.2, 0.25) is 0 Å². The van der Waals surface area contributed by atoms with Gasteiger partial charge in [-0.25, -0.2) is 0 Å². The van der Waals surface area contributed by atoms with E-state index in [4.69, 9.17) is 5.73 Å². The highest BCUT2D eigenvalue weighted by Gasteiger charge is 2.25. The van der Waals surface area contributed by atoms with Crippen molar-refractivity contribution in [2.45, 2.75) is 33.1 Å². The zero-order chi connectivity index (χ0) is 14.3. The van der Waals surface area contributed by atoms with Crippen molar-refractivity contribution in [1.29, 1.82) is 0 Å². The molecule has 0 spiro atoms. The molecule has 3 N–H and O–H groups in total. The summed E-state index contributed by atoms with van der Waals surface area (Å²) < 4.78 is 0. The third-order valence-corrected chi connectivity index (χ3v) is 4.82. The van der Waals surface area contributed by atoms with E-state index in [0.717, 1.165) is 42.5 Å². The second kappa shape index (κ2) is 5.00. The average molecular weight is 273 g/mol. The van der Waals surface area contributed by atoms with Crippen molar-refractivity contribution in [2.24, 2.45) is 11.8 Å². The highest BCUT2D eigenvalue weighted by molar-refractivity contribution is 5.95. The number of amides is 1. The Morgan fingerprint density at radius 2 is 2.05 bits per heavy atom. The van der Waals surface area contributed by atoms with E-state index in [1.807, 2.05) is 6.07 Å². The molecule has 1 aromatic carbocycles. The summed E-state index contributed by atoms with van der Waals surface area (Å²) in [6, 6.07) is 4.09. The second-order valence-corrected chi connectivity index (χ2v) is 6.31. The zero-order valence-electron chi connectivity index (χ0n) is 12.3. The molecule has 1 aromatic rings. The number of fused-ring (bicyclic) bond motifs is 1. The number of nitrogens with zero attached hydrogens (tertiary/aromatic N) is 1. The number of anilines is 3. The molecule has 0 radical (unpaired) electrons. The minimum absolute atomic E-state index is 0.0880. The summed E-state index contributed by atoms with van der Waals surface area (Å²) in [5.74, 6) is 1.56. The van der Waals surface area contributed by atoms with Crippen LogP contribution in [-0.4, -0.2) is 19.0 Å². The molecule has 1 fully saturated rings. The van der Waals surface area contributed by atoms with Crippen molar-refractivity contribution in [3.8, 4) is 0 Å². The van der Waals surface area contributed by atoms with Crippen LogP contribution in [0.15, 0.2) is 12.1 Å². The first-order chi connectivity index (χ1) is 9.54. The van der Waals surface area contributed by atoms with Crippen LogP contribution in [0.25, 0.3) is 0 Å². The third-order valence-electron chi connectivity index (χ3n) is 4.82. The molecule has 0 aliphatic carbocycles. The SMILES string of the molecule is CC1CCN(c2cc3c(cc2N)NC(=O)CC3)CC1C. The Kier molecular flexibility index (Phi) is 3.32. The fraction of sp³-hybridized carbons (Fsp3) is 0.562. The maximum Gasteiger partial charge on any atom is 0.224 e. The number of nitrogens with one attached hydrogen (secondary N) is 1. The van der Waals surface area contributed by atoms with Crippen molar-refractivity contribution < 1.29 is 4.79 Å². The van der Waals surface area contributed by atoms with Crippen LogP contribution in [0.5, 0.6) is 0 Å². The molecular formula is C16H23N3O. The van der Waals surface area contributed by atoms with Gasteiger partial charge in [-0.15, -0.1) is 0 Å². The van der Waals surface area contributed by atoms with Gasteiger partial charge in [-0.05, 0) is 42.4 Å². The van der Waals surface area contributed by atoms with Crippen LogP contribution in [0.1, 0.15) is 32.3 Å². The summed E-state index contributed by atoms with van der Waals surface area (Å²) in [7, 11) is 0. The Morgan fingerprint density at radius 1 is 1.25 bits per heavy atom. The van der Waals surface area contributed by atoms with Gasteiger partial charge in [0.2, 0.25) is 5.91 Å². The van der Waals surface area contributed by atoms with Gasteiger partial charge in [-0.3, -0.25) is 4.79 Å². The molecule has 2 aliphatic rings. The number of benzene rings is 1. The first-order valence-electron chi connectivity index (χ1n) is 7.52. The van der Waals surface area contributed by atoms with Crippen molar-refractivity contribution in [2.75, 3.05) is 29.0 Å². The predicted molar refractivity (Wildman–Crippen MR) is 83.0 cm³/mol. The molecule has 20 heavy (non-hydrogen) atoms. The van der Waals surface area contributed by atoms with E-state index < -0.39 is 0 Å². The molecule has 0 aromatic heterocycles. The molecule has 108 valence electrons. The third kappa shape index (κ3) is 2.35. The number of carbonyl (C=O) groups excluding carboxylic acids is 1. The fourth-order valence-corrected chi connectivity index (χ4v) is 3.19. The fourth-order valence-electron chi connectivity index (χ4n) is 3.19. The minimum atomic E-state index is 0.0880. The van der Waals surface area contributed by atoms with Crippen LogP contribution in [0.3, 0.4) is 0 Å². The van der Waals surface area contributed by atoms with Gasteiger partial charge in [-0.2, -0.15) is 0 Å². The van der Waals surface area contributed by atoms with Crippen LogP contribution in [0.4, 0.5) is 17.1 Å². The van der Waals surface area contributed by atoms with Gasteiger partial charge in [0.1, 0.15) is 0 Å². The standard InChI is InChI=1S/C16H23N3O/c1-10-5-6-19(9-11(10)2)15-7-12-3-4-16(20)18-14(12)8-13(15)17/h7-8,10-11H,3-6,9,17H2,1-2H3,(H,18,20). The number of piperidine rings is 1. The second-order valence-electron chi connectivity index (χ2n) is 6.31. The van der Waals surface area contributed by atoms with Gasteiger partial charge in [0.25, 0.3) is 0 Å². The van der Waals surface area contributed by atoms with Gasteiger partial charge in [0, 0.05) is 25.2 Å². The van der Waals surface area contributed by atoms with E-state index in [0.29, 0.717) is 12.3 Å². The molecule has 4 nitrogen and oxygen atoms in total. The van der Waals surface area contributed by atoms with Crippen molar-refractivity contribution in [3.63, 3.8) is 0 Å². The van der Waals surface area contributed by atoms with Gasteiger partial charge in [0.15, 0.2) is 0 Å². The Bertz CT molecular complexity index is 541. The molecule has 0 bridgehead atoms. The predicted octanol–water partition coefficient (Wildman–Crippen LogP) is 2.64. The van der Waals surface area contributed by atoms with E-state index in [1.165, 1.54) is 12.0 Å². The Labute approximate surface area is 120 Å². The molecule has 0 saturated carbocycles. The van der Waals surface area contributed by atoms with Gasteiger partial charge in [0.05, 0.1) is 11.4 Å². The molecule has 2 unspecified atom stereocenters. The smallest absolute Gasteiger partial charge is 0.224 e. The maximum atomic E-state index is 11.4. The highest BCUT2D eigenvalue weighted by Crippen LogP contribution is 2.36. The molecule has 1 amide bonds. The summed E-state index contributed by atoms with van der Waals surface area (Å²) in [6.45, 7) is 6.77. The number of nitrogen functional groups attached to an aromatic ring is 1. The summed E-state index contributed by atoms with van der Waals surface area (Å²) in [6.07, 6.45) is 2.60. The Morgan fingerprint density at radius 3 is 2.80 bits per heavy atom. The molecule has 2 aliphatic heterocycles. The number of aryl methyl sites for hydroxylation is 1. The molecule has 3 rings (SSSR count). The lowest BCUT2D eigenvalue weighted by Crippen LogP contribution is -2.38. The number of carbonyl (C=O) groups is 1. The summed E-state index contributed by atoms with van der Waals surface area (Å²) >= 11 is 0. The largest absolute Gasteiger partial charge is 0.397 e. The molecule has 2 heterocycles. The van der Waals surface area contributed by atoms with Crippen molar-refractivity contribution >= 4 is 23.0 Å². The van der Waals surface area contributed by atoms with E-state index in [-0.39, 0.29) is 5.91 Å². The molecule has 4 heteroatoms. The zero-order valence-corrected chi connectivity index (χ0v) is 12.3. The number of hydrogen-bond donors (Lipinski definition) is 2. The lowest BCUT2D eigenvalue weighted by molar-refractivity contribution is -0.116. The lowest BCUT2D eigenvalue weighted by atomic mass is 9.88. The average Bonchev–Trinajstić information content (AvgIpc) is 2.41. The van der Waals surface area contributed by atoms with Crippen LogP contribution in [0, 0.1) is 11.8 Å². The van der Waals surface area contributed by atoms with Crippen LogP contribution >= 0.6 is 0 Å². The molecular weight excluding hydrogens is 250 g/mol. The van der Waals surface area contributed by atoms with Crippen LogP contribution in [-0.2, 0) is 11.2 Å². The topological polar surface area (TPSA) is 58.4 Å². The lowest BCUT2D eigenvalue weighted by Gasteiger charge is -2.38. The number of nitrogens with two attached hydrogens (primary N) is 1. The van der Waals surface area contributed by atoms with Gasteiger partial charge in [-0.1, -0.05) is 13.8 Å². The van der Waals surface area contributed by atoms with Gasteiger partial charge < -0.3 is 16.0 Å². The van der Waals surface area contributed by atoms with E-state index in [1.54, 1.807) is 0 Å². The van der Waals surface area contributed by atoms with E-state index >= 15 is 0 Å². The molecule has 1 saturated heterocycles. The number of rotatable bonds is 1. The first kappa shape index (κ1) is 13.3. The Hall–Kier alpha value is -1.71. The summed E-state index contributed by atoms with van der Waals surface area (Å²) in [5, 5.41) is 2.91. The first-order valence-corrected chi connectivity index (χ1v) is 7.52. The summed E-state index contributed by atoms with van der Waals surface area (Å²) in [4.78, 5) is 13.8. The maximum absolute atomic E-state index is 11.4. The minimum Gasteiger partial charge on any atom is -0.397 e.